The minimum absolute atomic E-state index is 0.809. The lowest BCUT2D eigenvalue weighted by Crippen LogP contribution is -1.88. The molecule has 35 heavy (non-hydrogen) atoms. The third-order valence-electron chi connectivity index (χ3n) is 6.41. The molecule has 6 aromatic rings. The van der Waals surface area contributed by atoms with Crippen LogP contribution in [-0.4, -0.2) is 21.7 Å². The molecule has 0 saturated heterocycles. The average molecular weight is 451 g/mol. The molecule has 6 rings (SSSR count). The molecule has 0 N–H and O–H groups in total. The second-order valence-corrected chi connectivity index (χ2v) is 8.58. The van der Waals surface area contributed by atoms with Crippen LogP contribution in [0.3, 0.4) is 0 Å². The van der Waals surface area contributed by atoms with Gasteiger partial charge in [-0.3, -0.25) is 19.9 Å². The van der Waals surface area contributed by atoms with Gasteiger partial charge in [0.1, 0.15) is 0 Å². The van der Waals surface area contributed by atoms with E-state index in [0.717, 1.165) is 66.2 Å². The van der Waals surface area contributed by atoms with E-state index in [2.05, 4.69) is 95.3 Å². The molecule has 0 spiro atoms. The van der Waals surface area contributed by atoms with Gasteiger partial charge in [0.2, 0.25) is 0 Å². The molecule has 0 aliphatic heterocycles. The summed E-state index contributed by atoms with van der Waals surface area (Å²) in [4.78, 5) is 18.0. The lowest BCUT2D eigenvalue weighted by molar-refractivity contribution is 1.37. The molecule has 3 aromatic heterocycles. The Labute approximate surface area is 203 Å². The Hall–Kier alpha value is -4.70. The molecule has 0 saturated carbocycles. The minimum Gasteiger partial charge on any atom is -0.262 e. The topological polar surface area (TPSA) is 51.0 Å². The Bertz CT molecular complexity index is 1770. The summed E-state index contributed by atoms with van der Waals surface area (Å²) >= 11 is 0. The summed E-state index contributed by atoms with van der Waals surface area (Å²) in [6.07, 6.45) is 7.67. The van der Waals surface area contributed by atoms with Gasteiger partial charge < -0.3 is 0 Å². The standard InChI is InChI=1S/C31H22N4/c1-20(17-25-13-11-23-5-3-15-33-29(23)28(25)32-2)21-7-9-22(10-8-21)27-18-26-14-12-24-6-4-16-34-30(24)31(26)35-19-27/h3-19H,2H2,1H3/b20-17+. The van der Waals surface area contributed by atoms with E-state index in [9.17, 15) is 0 Å². The molecule has 3 heterocycles. The molecule has 4 heteroatoms. The first-order valence-electron chi connectivity index (χ1n) is 11.5. The van der Waals surface area contributed by atoms with Gasteiger partial charge >= 0.3 is 0 Å². The molecule has 0 bridgehead atoms. The van der Waals surface area contributed by atoms with Crippen molar-refractivity contribution in [2.24, 2.45) is 4.99 Å². The van der Waals surface area contributed by atoms with Crippen LogP contribution in [0.4, 0.5) is 5.69 Å². The molecule has 166 valence electrons. The Balaban J connectivity index is 1.34. The number of hydrogen-bond acceptors (Lipinski definition) is 4. The van der Waals surface area contributed by atoms with Crippen LogP contribution in [0.1, 0.15) is 18.1 Å². The molecule has 0 unspecified atom stereocenters. The quantitative estimate of drug-likeness (QED) is 0.156. The first-order valence-corrected chi connectivity index (χ1v) is 11.5. The van der Waals surface area contributed by atoms with Crippen LogP contribution in [0.2, 0.25) is 0 Å². The highest BCUT2D eigenvalue weighted by Crippen LogP contribution is 2.32. The van der Waals surface area contributed by atoms with E-state index in [1.165, 1.54) is 0 Å². The summed E-state index contributed by atoms with van der Waals surface area (Å²) in [7, 11) is 0. The van der Waals surface area contributed by atoms with Crippen molar-refractivity contribution in [3.63, 3.8) is 0 Å². The molecule has 0 atom stereocenters. The highest BCUT2D eigenvalue weighted by atomic mass is 14.8. The molecule has 0 aliphatic carbocycles. The number of rotatable bonds is 4. The fourth-order valence-corrected chi connectivity index (χ4v) is 4.56. The highest BCUT2D eigenvalue weighted by molar-refractivity contribution is 6.03. The number of benzene rings is 3. The molecule has 0 fully saturated rings. The molecule has 3 aromatic carbocycles. The summed E-state index contributed by atoms with van der Waals surface area (Å²) in [5, 5.41) is 3.24. The molecule has 4 nitrogen and oxygen atoms in total. The summed E-state index contributed by atoms with van der Waals surface area (Å²) in [6.45, 7) is 5.89. The minimum atomic E-state index is 0.809. The van der Waals surface area contributed by atoms with Crippen molar-refractivity contribution in [3.8, 4) is 11.1 Å². The zero-order valence-electron chi connectivity index (χ0n) is 19.3. The lowest BCUT2D eigenvalue weighted by atomic mass is 9.98. The Morgan fingerprint density at radius 3 is 2.14 bits per heavy atom. The molecule has 0 aliphatic rings. The predicted molar refractivity (Wildman–Crippen MR) is 147 cm³/mol. The Morgan fingerprint density at radius 2 is 1.37 bits per heavy atom. The van der Waals surface area contributed by atoms with Gasteiger partial charge in [0.25, 0.3) is 0 Å². The monoisotopic (exact) mass is 450 g/mol. The third kappa shape index (κ3) is 3.75. The highest BCUT2D eigenvalue weighted by Gasteiger charge is 2.08. The number of aliphatic imine (C=N–C) groups is 1. The van der Waals surface area contributed by atoms with Crippen LogP contribution in [0.15, 0.2) is 102 Å². The molecular weight excluding hydrogens is 428 g/mol. The van der Waals surface area contributed by atoms with Crippen LogP contribution in [0.25, 0.3) is 55.5 Å². The second kappa shape index (κ2) is 8.58. The van der Waals surface area contributed by atoms with Crippen LogP contribution >= 0.6 is 0 Å². The van der Waals surface area contributed by atoms with E-state index in [1.807, 2.05) is 30.6 Å². The van der Waals surface area contributed by atoms with Crippen molar-refractivity contribution in [3.05, 3.63) is 109 Å². The summed E-state index contributed by atoms with van der Waals surface area (Å²) < 4.78 is 0. The van der Waals surface area contributed by atoms with E-state index >= 15 is 0 Å². The van der Waals surface area contributed by atoms with E-state index in [1.54, 1.807) is 6.20 Å². The average Bonchev–Trinajstić information content (AvgIpc) is 2.92. The molecular formula is C31H22N4. The maximum Gasteiger partial charge on any atom is 0.0964 e. The van der Waals surface area contributed by atoms with Gasteiger partial charge in [-0.25, -0.2) is 0 Å². The van der Waals surface area contributed by atoms with Crippen molar-refractivity contribution in [2.75, 3.05) is 0 Å². The Kier molecular flexibility index (Phi) is 5.12. The maximum atomic E-state index is 4.75. The van der Waals surface area contributed by atoms with E-state index < -0.39 is 0 Å². The van der Waals surface area contributed by atoms with Gasteiger partial charge in [0.05, 0.1) is 22.2 Å². The number of nitrogens with zero attached hydrogens (tertiary/aromatic N) is 4. The fourth-order valence-electron chi connectivity index (χ4n) is 4.56. The summed E-state index contributed by atoms with van der Waals surface area (Å²) in [6, 6.07) is 27.1. The van der Waals surface area contributed by atoms with Gasteiger partial charge in [-0.05, 0) is 54.6 Å². The van der Waals surface area contributed by atoms with E-state index in [-0.39, 0.29) is 0 Å². The predicted octanol–water partition coefficient (Wildman–Crippen LogP) is 7.89. The van der Waals surface area contributed by atoms with E-state index in [4.69, 9.17) is 4.98 Å². The van der Waals surface area contributed by atoms with Crippen LogP contribution < -0.4 is 0 Å². The molecule has 0 amide bonds. The summed E-state index contributed by atoms with van der Waals surface area (Å²) in [5.74, 6) is 0. The number of allylic oxidation sites excluding steroid dienone is 1. The number of hydrogen-bond donors (Lipinski definition) is 0. The first-order chi connectivity index (χ1) is 17.2. The maximum absolute atomic E-state index is 4.75. The normalized spacial score (nSPS) is 11.9. The smallest absolute Gasteiger partial charge is 0.0964 e. The third-order valence-corrected chi connectivity index (χ3v) is 6.41. The van der Waals surface area contributed by atoms with Gasteiger partial charge in [-0.15, -0.1) is 0 Å². The van der Waals surface area contributed by atoms with Crippen molar-refractivity contribution in [1.82, 2.24) is 15.0 Å². The lowest BCUT2D eigenvalue weighted by Gasteiger charge is -2.09. The number of aromatic nitrogens is 3. The Morgan fingerprint density at radius 1 is 0.714 bits per heavy atom. The van der Waals surface area contributed by atoms with Crippen LogP contribution in [0.5, 0.6) is 0 Å². The van der Waals surface area contributed by atoms with Crippen LogP contribution in [0, 0.1) is 0 Å². The van der Waals surface area contributed by atoms with Crippen molar-refractivity contribution < 1.29 is 0 Å². The van der Waals surface area contributed by atoms with Crippen molar-refractivity contribution in [1.29, 1.82) is 0 Å². The van der Waals surface area contributed by atoms with Gasteiger partial charge in [-0.1, -0.05) is 60.7 Å². The largest absolute Gasteiger partial charge is 0.262 e. The first kappa shape index (κ1) is 20.9. The number of pyridine rings is 3. The summed E-state index contributed by atoms with van der Waals surface area (Å²) in [5.41, 5.74) is 9.05. The zero-order chi connectivity index (χ0) is 23.8. The number of fused-ring (bicyclic) bond motifs is 4. The zero-order valence-corrected chi connectivity index (χ0v) is 19.3. The van der Waals surface area contributed by atoms with Gasteiger partial charge in [0.15, 0.2) is 0 Å². The van der Waals surface area contributed by atoms with Crippen molar-refractivity contribution in [2.45, 2.75) is 6.92 Å². The fraction of sp³-hybridized carbons (Fsp3) is 0.0323. The molecule has 0 radical (unpaired) electrons. The SMILES string of the molecule is C=Nc1c(/C=C(\C)c2ccc(-c3cnc4c(ccc5cccnc54)c3)cc2)ccc2cccnc12. The van der Waals surface area contributed by atoms with Crippen LogP contribution in [-0.2, 0) is 0 Å². The van der Waals surface area contributed by atoms with E-state index in [0.29, 0.717) is 0 Å². The second-order valence-electron chi connectivity index (χ2n) is 8.58. The van der Waals surface area contributed by atoms with Gasteiger partial charge in [0, 0.05) is 45.9 Å². The van der Waals surface area contributed by atoms with Crippen molar-refractivity contribution >= 4 is 56.8 Å². The van der Waals surface area contributed by atoms with Gasteiger partial charge in [-0.2, -0.15) is 0 Å².